The maximum atomic E-state index is 12.6. The maximum Gasteiger partial charge on any atom is 0.405 e. The molecule has 0 heterocycles. The van der Waals surface area contributed by atoms with Crippen molar-refractivity contribution in [3.05, 3.63) is 18.2 Å². The summed E-state index contributed by atoms with van der Waals surface area (Å²) in [5, 5.41) is 5.00. The van der Waals surface area contributed by atoms with Gasteiger partial charge < -0.3 is 10.6 Å². The molecule has 0 radical (unpaired) electrons. The first kappa shape index (κ1) is 14.9. The van der Waals surface area contributed by atoms with Crippen LogP contribution in [0.4, 0.5) is 24.5 Å². The van der Waals surface area contributed by atoms with Gasteiger partial charge in [0.05, 0.1) is 11.4 Å². The van der Waals surface area contributed by atoms with Crippen molar-refractivity contribution in [2.24, 2.45) is 5.14 Å². The van der Waals surface area contributed by atoms with Gasteiger partial charge in [0.1, 0.15) is 11.4 Å². The Bertz CT molecular complexity index is 612. The van der Waals surface area contributed by atoms with E-state index in [1.54, 1.807) is 0 Å². The number of alkyl halides is 3. The maximum absolute atomic E-state index is 12.6. The van der Waals surface area contributed by atoms with Gasteiger partial charge in [0.25, 0.3) is 0 Å². The molecular formula is C11H14F3N3O2S. The predicted molar refractivity (Wildman–Crippen MR) is 68.7 cm³/mol. The Balaban J connectivity index is 2.44. The van der Waals surface area contributed by atoms with Crippen LogP contribution < -0.4 is 15.8 Å². The second kappa shape index (κ2) is 4.81. The van der Waals surface area contributed by atoms with Gasteiger partial charge in [-0.1, -0.05) is 6.07 Å². The number of nitrogens with two attached hydrogens (primary N) is 2. The zero-order valence-electron chi connectivity index (χ0n) is 10.4. The molecule has 1 saturated carbocycles. The molecule has 0 bridgehead atoms. The molecule has 4 N–H and O–H groups in total. The largest absolute Gasteiger partial charge is 0.405 e. The van der Waals surface area contributed by atoms with E-state index in [2.05, 4.69) is 0 Å². The van der Waals surface area contributed by atoms with E-state index in [0.717, 1.165) is 4.90 Å². The van der Waals surface area contributed by atoms with Gasteiger partial charge in [0.2, 0.25) is 10.0 Å². The van der Waals surface area contributed by atoms with Crippen molar-refractivity contribution >= 4 is 21.4 Å². The number of nitrogen functional groups attached to an aromatic ring is 1. The van der Waals surface area contributed by atoms with Crippen LogP contribution in [0.2, 0.25) is 0 Å². The number of benzene rings is 1. The lowest BCUT2D eigenvalue weighted by Crippen LogP contribution is -2.36. The van der Waals surface area contributed by atoms with E-state index < -0.39 is 22.7 Å². The molecule has 9 heteroatoms. The number of primary sulfonamides is 1. The van der Waals surface area contributed by atoms with Crippen LogP contribution in [0.5, 0.6) is 0 Å². The first-order valence-corrected chi connectivity index (χ1v) is 7.39. The smallest absolute Gasteiger partial charge is 0.396 e. The number of hydrogen-bond donors (Lipinski definition) is 2. The molecule has 0 spiro atoms. The highest BCUT2D eigenvalue weighted by atomic mass is 32.2. The molecule has 0 saturated heterocycles. The van der Waals surface area contributed by atoms with E-state index in [1.807, 2.05) is 0 Å². The monoisotopic (exact) mass is 309 g/mol. The fourth-order valence-electron chi connectivity index (χ4n) is 2.02. The molecule has 1 aliphatic carbocycles. The van der Waals surface area contributed by atoms with Gasteiger partial charge in [-0.05, 0) is 25.0 Å². The van der Waals surface area contributed by atoms with Crippen LogP contribution in [0, 0.1) is 0 Å². The van der Waals surface area contributed by atoms with Crippen molar-refractivity contribution in [1.29, 1.82) is 0 Å². The molecule has 0 aliphatic heterocycles. The van der Waals surface area contributed by atoms with Crippen LogP contribution in [0.25, 0.3) is 0 Å². The summed E-state index contributed by atoms with van der Waals surface area (Å²) in [5.41, 5.74) is 5.49. The van der Waals surface area contributed by atoms with Crippen LogP contribution in [-0.4, -0.2) is 27.2 Å². The molecule has 5 nitrogen and oxygen atoms in total. The quantitative estimate of drug-likeness (QED) is 0.824. The minimum atomic E-state index is -4.40. The zero-order chi connectivity index (χ0) is 15.1. The zero-order valence-corrected chi connectivity index (χ0v) is 11.2. The number of para-hydroxylation sites is 1. The molecule has 0 aromatic heterocycles. The number of rotatable bonds is 4. The number of nitrogens with zero attached hydrogens (tertiary/aromatic N) is 1. The highest BCUT2D eigenvalue weighted by Gasteiger charge is 2.39. The van der Waals surface area contributed by atoms with Gasteiger partial charge in [-0.25, -0.2) is 13.6 Å². The van der Waals surface area contributed by atoms with Gasteiger partial charge in [0, 0.05) is 6.04 Å². The third-order valence-corrected chi connectivity index (χ3v) is 3.97. The highest BCUT2D eigenvalue weighted by molar-refractivity contribution is 7.89. The molecule has 1 aromatic carbocycles. The third-order valence-electron chi connectivity index (χ3n) is 3.00. The predicted octanol–water partition coefficient (Wildman–Crippen LogP) is 1.45. The van der Waals surface area contributed by atoms with Crippen LogP contribution in [0.15, 0.2) is 23.1 Å². The van der Waals surface area contributed by atoms with E-state index >= 15 is 0 Å². The molecule has 0 unspecified atom stereocenters. The normalized spacial score (nSPS) is 16.2. The molecule has 0 atom stereocenters. The first-order chi connectivity index (χ1) is 9.09. The minimum absolute atomic E-state index is 0.0522. The Morgan fingerprint density at radius 2 is 1.90 bits per heavy atom. The summed E-state index contributed by atoms with van der Waals surface area (Å²) in [7, 11) is -4.07. The van der Waals surface area contributed by atoms with Crippen molar-refractivity contribution in [1.82, 2.24) is 0 Å². The number of anilines is 2. The van der Waals surface area contributed by atoms with Crippen molar-refractivity contribution in [2.45, 2.75) is 30.0 Å². The SMILES string of the molecule is Nc1c(N(CC(F)(F)F)C2CC2)cccc1S(N)(=O)=O. The van der Waals surface area contributed by atoms with Gasteiger partial charge in [-0.2, -0.15) is 13.2 Å². The van der Waals surface area contributed by atoms with Crippen molar-refractivity contribution in [3.63, 3.8) is 0 Å². The summed E-state index contributed by atoms with van der Waals surface area (Å²) in [5.74, 6) is 0. The average Bonchev–Trinajstić information content (AvgIpc) is 3.07. The Kier molecular flexibility index (Phi) is 3.59. The van der Waals surface area contributed by atoms with E-state index in [4.69, 9.17) is 10.9 Å². The van der Waals surface area contributed by atoms with E-state index in [1.165, 1.54) is 18.2 Å². The summed E-state index contributed by atoms with van der Waals surface area (Å²) in [6.45, 7) is -1.17. The highest BCUT2D eigenvalue weighted by Crippen LogP contribution is 2.38. The van der Waals surface area contributed by atoms with Gasteiger partial charge in [-0.15, -0.1) is 0 Å². The van der Waals surface area contributed by atoms with Crippen molar-refractivity contribution in [2.75, 3.05) is 17.2 Å². The molecule has 1 aliphatic rings. The molecule has 0 amide bonds. The Morgan fingerprint density at radius 3 is 2.35 bits per heavy atom. The molecule has 20 heavy (non-hydrogen) atoms. The summed E-state index contributed by atoms with van der Waals surface area (Å²) in [4.78, 5) is 0.729. The first-order valence-electron chi connectivity index (χ1n) is 5.84. The van der Waals surface area contributed by atoms with E-state index in [-0.39, 0.29) is 22.3 Å². The van der Waals surface area contributed by atoms with Crippen molar-refractivity contribution < 1.29 is 21.6 Å². The van der Waals surface area contributed by atoms with Gasteiger partial charge in [0.15, 0.2) is 0 Å². The summed E-state index contributed by atoms with van der Waals surface area (Å²) in [6, 6.07) is 3.60. The van der Waals surface area contributed by atoms with Crippen LogP contribution in [0.3, 0.4) is 0 Å². The Labute approximate surface area is 114 Å². The molecule has 112 valence electrons. The molecular weight excluding hydrogens is 295 g/mol. The molecule has 1 fully saturated rings. The lowest BCUT2D eigenvalue weighted by molar-refractivity contribution is -0.119. The standard InChI is InChI=1S/C11H14F3N3O2S/c12-11(13,14)6-17(7-4-5-7)8-2-1-3-9(10(8)15)20(16,18)19/h1-3,7H,4-6,15H2,(H2,16,18,19). The van der Waals surface area contributed by atoms with Crippen LogP contribution in [0.1, 0.15) is 12.8 Å². The van der Waals surface area contributed by atoms with E-state index in [0.29, 0.717) is 12.8 Å². The fourth-order valence-corrected chi connectivity index (χ4v) is 2.70. The van der Waals surface area contributed by atoms with Crippen LogP contribution in [-0.2, 0) is 10.0 Å². The summed E-state index contributed by atoms with van der Waals surface area (Å²) >= 11 is 0. The van der Waals surface area contributed by atoms with E-state index in [9.17, 15) is 21.6 Å². The summed E-state index contributed by atoms with van der Waals surface area (Å²) < 4.78 is 60.6. The number of halogens is 3. The Morgan fingerprint density at radius 1 is 1.30 bits per heavy atom. The lowest BCUT2D eigenvalue weighted by atomic mass is 10.2. The molecule has 1 aromatic rings. The van der Waals surface area contributed by atoms with Crippen molar-refractivity contribution in [3.8, 4) is 0 Å². The number of sulfonamides is 1. The van der Waals surface area contributed by atoms with Gasteiger partial charge in [-0.3, -0.25) is 0 Å². The molecule has 2 rings (SSSR count). The second-order valence-electron chi connectivity index (χ2n) is 4.71. The van der Waals surface area contributed by atoms with Crippen LogP contribution >= 0.6 is 0 Å². The van der Waals surface area contributed by atoms with Gasteiger partial charge >= 0.3 is 6.18 Å². The number of hydrogen-bond acceptors (Lipinski definition) is 4. The average molecular weight is 309 g/mol. The third kappa shape index (κ3) is 3.34. The lowest BCUT2D eigenvalue weighted by Gasteiger charge is -2.27. The fraction of sp³-hybridized carbons (Fsp3) is 0.455. The summed E-state index contributed by atoms with van der Waals surface area (Å²) in [6.07, 6.45) is -3.16. The topological polar surface area (TPSA) is 89.4 Å². The second-order valence-corrected chi connectivity index (χ2v) is 6.24. The minimum Gasteiger partial charge on any atom is -0.396 e. The Hall–Kier alpha value is -1.48.